The van der Waals surface area contributed by atoms with Crippen molar-refractivity contribution in [3.05, 3.63) is 224 Å². The van der Waals surface area contributed by atoms with Crippen LogP contribution in [0.25, 0.3) is 96.6 Å². The molecule has 0 saturated carbocycles. The van der Waals surface area contributed by atoms with Crippen LogP contribution in [0.1, 0.15) is 0 Å². The summed E-state index contributed by atoms with van der Waals surface area (Å²) in [4.78, 5) is 2.41. The van der Waals surface area contributed by atoms with Crippen molar-refractivity contribution in [1.82, 2.24) is 0 Å². The highest BCUT2D eigenvalue weighted by Gasteiger charge is 2.17. The van der Waals surface area contributed by atoms with E-state index in [9.17, 15) is 0 Å². The summed E-state index contributed by atoms with van der Waals surface area (Å²) in [6, 6.07) is 82.5. The zero-order valence-electron chi connectivity index (χ0n) is 32.7. The van der Waals surface area contributed by atoms with Crippen LogP contribution in [0.4, 0.5) is 17.1 Å². The molecule has 0 saturated heterocycles. The summed E-state index contributed by atoms with van der Waals surface area (Å²) in [5.74, 6) is 0. The summed E-state index contributed by atoms with van der Waals surface area (Å²) >= 11 is 1.86. The lowest BCUT2D eigenvalue weighted by Gasteiger charge is -2.26. The lowest BCUT2D eigenvalue weighted by molar-refractivity contribution is 1.29. The van der Waals surface area contributed by atoms with Crippen LogP contribution in [0.5, 0.6) is 0 Å². The standard InChI is InChI=1S/C58H37NS/c1-2-18-47-39(12-1)13-11-24-48(47)43-16-9-14-40(34-43)41-15-10-17-45(35-41)59(46-31-33-55-54-23-7-8-25-57(54)60-58(55)37-46)44-29-26-38(27-30-44)42-28-32-53-51-21-4-3-19-49(51)50-20-5-6-22-52(50)56(53)36-42/h1-37H. The number of hydrogen-bond donors (Lipinski definition) is 0. The number of rotatable bonds is 6. The third kappa shape index (κ3) is 5.76. The van der Waals surface area contributed by atoms with Gasteiger partial charge in [-0.25, -0.2) is 0 Å². The predicted octanol–water partition coefficient (Wildman–Crippen LogP) is 17.1. The second-order valence-corrected chi connectivity index (χ2v) is 16.8. The molecule has 0 aliphatic carbocycles. The van der Waals surface area contributed by atoms with E-state index in [1.807, 2.05) is 11.3 Å². The molecule has 11 aromatic carbocycles. The van der Waals surface area contributed by atoms with Crippen LogP contribution in [-0.4, -0.2) is 0 Å². The van der Waals surface area contributed by atoms with E-state index in [0.717, 1.165) is 17.1 Å². The molecule has 0 unspecified atom stereocenters. The third-order valence-corrected chi connectivity index (χ3v) is 13.4. The summed E-state index contributed by atoms with van der Waals surface area (Å²) in [5.41, 5.74) is 10.6. The molecule has 1 heterocycles. The SMILES string of the molecule is c1cc(-c2cccc(N(c3ccc(-c4ccc5c6ccccc6c6ccccc6c5c4)cc3)c3ccc4c(c3)sc3ccccc34)c2)cc(-c2cccc3ccccc23)c1. The summed E-state index contributed by atoms with van der Waals surface area (Å²) < 4.78 is 2.59. The van der Waals surface area contributed by atoms with Gasteiger partial charge >= 0.3 is 0 Å². The summed E-state index contributed by atoms with van der Waals surface area (Å²) in [5, 5.41) is 12.9. The minimum absolute atomic E-state index is 1.11. The average Bonchev–Trinajstić information content (AvgIpc) is 3.70. The Morgan fingerprint density at radius 2 is 0.750 bits per heavy atom. The summed E-state index contributed by atoms with van der Waals surface area (Å²) in [6.45, 7) is 0. The number of anilines is 3. The average molecular weight is 780 g/mol. The lowest BCUT2D eigenvalue weighted by atomic mass is 9.92. The molecule has 0 spiro atoms. The number of fused-ring (bicyclic) bond motifs is 10. The second kappa shape index (κ2) is 14.1. The number of hydrogen-bond acceptors (Lipinski definition) is 2. The Labute approximate surface area is 352 Å². The van der Waals surface area contributed by atoms with E-state index in [4.69, 9.17) is 0 Å². The van der Waals surface area contributed by atoms with Crippen LogP contribution < -0.4 is 4.90 Å². The fourth-order valence-corrected chi connectivity index (χ4v) is 10.5. The van der Waals surface area contributed by atoms with E-state index in [2.05, 4.69) is 229 Å². The van der Waals surface area contributed by atoms with Crippen molar-refractivity contribution in [3.63, 3.8) is 0 Å². The molecule has 0 radical (unpaired) electrons. The molecule has 12 aromatic rings. The topological polar surface area (TPSA) is 3.24 Å². The van der Waals surface area contributed by atoms with Gasteiger partial charge in [-0.05, 0) is 131 Å². The van der Waals surface area contributed by atoms with Crippen molar-refractivity contribution < 1.29 is 0 Å². The molecule has 280 valence electrons. The Bertz CT molecular complexity index is 3570. The summed E-state index contributed by atoms with van der Waals surface area (Å²) in [7, 11) is 0. The molecule has 1 aromatic heterocycles. The van der Waals surface area contributed by atoms with Crippen molar-refractivity contribution in [2.45, 2.75) is 0 Å². The highest BCUT2D eigenvalue weighted by Crippen LogP contribution is 2.43. The monoisotopic (exact) mass is 779 g/mol. The highest BCUT2D eigenvalue weighted by atomic mass is 32.1. The van der Waals surface area contributed by atoms with Gasteiger partial charge in [0.25, 0.3) is 0 Å². The zero-order valence-corrected chi connectivity index (χ0v) is 33.5. The van der Waals surface area contributed by atoms with E-state index in [1.165, 1.54) is 96.6 Å². The molecule has 0 atom stereocenters. The van der Waals surface area contributed by atoms with Gasteiger partial charge in [0.15, 0.2) is 0 Å². The molecular weight excluding hydrogens is 743 g/mol. The lowest BCUT2D eigenvalue weighted by Crippen LogP contribution is -2.10. The molecule has 0 N–H and O–H groups in total. The Hall–Kier alpha value is -7.52. The maximum absolute atomic E-state index is 2.41. The molecule has 0 amide bonds. The van der Waals surface area contributed by atoms with E-state index in [-0.39, 0.29) is 0 Å². The third-order valence-electron chi connectivity index (χ3n) is 12.2. The van der Waals surface area contributed by atoms with Crippen molar-refractivity contribution in [3.8, 4) is 33.4 Å². The van der Waals surface area contributed by atoms with Gasteiger partial charge in [-0.2, -0.15) is 0 Å². The van der Waals surface area contributed by atoms with Gasteiger partial charge in [-0.3, -0.25) is 0 Å². The minimum atomic E-state index is 1.11. The molecule has 0 bridgehead atoms. The first-order valence-corrected chi connectivity index (χ1v) is 21.4. The smallest absolute Gasteiger partial charge is 0.0476 e. The molecule has 0 fully saturated rings. The number of nitrogens with zero attached hydrogens (tertiary/aromatic N) is 1. The molecular formula is C58H37NS. The van der Waals surface area contributed by atoms with Crippen molar-refractivity contribution in [2.75, 3.05) is 4.90 Å². The predicted molar refractivity (Wildman–Crippen MR) is 260 cm³/mol. The zero-order chi connectivity index (χ0) is 39.6. The van der Waals surface area contributed by atoms with Crippen molar-refractivity contribution in [2.24, 2.45) is 0 Å². The van der Waals surface area contributed by atoms with Gasteiger partial charge in [0.05, 0.1) is 0 Å². The molecule has 12 rings (SSSR count). The van der Waals surface area contributed by atoms with E-state index in [1.54, 1.807) is 0 Å². The van der Waals surface area contributed by atoms with Crippen LogP contribution in [0.2, 0.25) is 0 Å². The number of benzene rings is 11. The maximum atomic E-state index is 2.41. The van der Waals surface area contributed by atoms with E-state index >= 15 is 0 Å². The first-order valence-electron chi connectivity index (χ1n) is 20.6. The molecule has 2 heteroatoms. The Balaban J connectivity index is 0.974. The van der Waals surface area contributed by atoms with Crippen molar-refractivity contribution >= 4 is 91.7 Å². The Morgan fingerprint density at radius 3 is 1.53 bits per heavy atom. The van der Waals surface area contributed by atoms with Crippen LogP contribution >= 0.6 is 11.3 Å². The highest BCUT2D eigenvalue weighted by molar-refractivity contribution is 7.25. The maximum Gasteiger partial charge on any atom is 0.0476 e. The van der Waals surface area contributed by atoms with Crippen molar-refractivity contribution in [1.29, 1.82) is 0 Å². The first kappa shape index (κ1) is 34.5. The van der Waals surface area contributed by atoms with Gasteiger partial charge < -0.3 is 4.90 Å². The Morgan fingerprint density at radius 1 is 0.250 bits per heavy atom. The van der Waals surface area contributed by atoms with E-state index < -0.39 is 0 Å². The Kier molecular flexibility index (Phi) is 8.11. The molecule has 60 heavy (non-hydrogen) atoms. The number of thiophene rings is 1. The fraction of sp³-hybridized carbons (Fsp3) is 0. The van der Waals surface area contributed by atoms with Gasteiger partial charge in [-0.1, -0.05) is 170 Å². The largest absolute Gasteiger partial charge is 0.310 e. The first-order chi connectivity index (χ1) is 29.7. The van der Waals surface area contributed by atoms with Crippen LogP contribution in [0.3, 0.4) is 0 Å². The normalized spacial score (nSPS) is 11.7. The molecule has 0 aliphatic rings. The van der Waals surface area contributed by atoms with Crippen LogP contribution in [0, 0.1) is 0 Å². The molecule has 1 nitrogen and oxygen atoms in total. The van der Waals surface area contributed by atoms with Crippen LogP contribution in [-0.2, 0) is 0 Å². The van der Waals surface area contributed by atoms with Gasteiger partial charge in [0.1, 0.15) is 0 Å². The molecule has 0 aliphatic heterocycles. The second-order valence-electron chi connectivity index (χ2n) is 15.7. The summed E-state index contributed by atoms with van der Waals surface area (Å²) in [6.07, 6.45) is 0. The fourth-order valence-electron chi connectivity index (χ4n) is 9.36. The van der Waals surface area contributed by atoms with Gasteiger partial charge in [0.2, 0.25) is 0 Å². The van der Waals surface area contributed by atoms with Gasteiger partial charge in [-0.15, -0.1) is 11.3 Å². The van der Waals surface area contributed by atoms with Gasteiger partial charge in [0, 0.05) is 37.2 Å². The van der Waals surface area contributed by atoms with E-state index in [0.29, 0.717) is 0 Å². The quantitative estimate of drug-likeness (QED) is 0.152. The van der Waals surface area contributed by atoms with Crippen LogP contribution in [0.15, 0.2) is 224 Å². The minimum Gasteiger partial charge on any atom is -0.310 e.